The van der Waals surface area contributed by atoms with Crippen molar-refractivity contribution in [2.45, 2.75) is 32.2 Å². The zero-order chi connectivity index (χ0) is 14.7. The first-order chi connectivity index (χ1) is 10.3. The summed E-state index contributed by atoms with van der Waals surface area (Å²) in [7, 11) is 0. The number of benzene rings is 1. The number of aromatic nitrogens is 2. The summed E-state index contributed by atoms with van der Waals surface area (Å²) in [6.07, 6.45) is 4.66. The molecule has 21 heavy (non-hydrogen) atoms. The number of imidazole rings is 1. The van der Waals surface area contributed by atoms with Gasteiger partial charge in [0.15, 0.2) is 0 Å². The van der Waals surface area contributed by atoms with Gasteiger partial charge in [-0.05, 0) is 57.1 Å². The van der Waals surface area contributed by atoms with Gasteiger partial charge in [-0.1, -0.05) is 11.6 Å². The molecule has 0 amide bonds. The van der Waals surface area contributed by atoms with Gasteiger partial charge in [-0.15, -0.1) is 11.6 Å². The van der Waals surface area contributed by atoms with E-state index in [1.165, 1.54) is 38.0 Å². The number of likely N-dealkylation sites (tertiary alicyclic amines) is 1. The summed E-state index contributed by atoms with van der Waals surface area (Å²) in [6.45, 7) is 4.69. The second-order valence-electron chi connectivity index (χ2n) is 5.65. The standard InChI is InChI=1S/C16H21Cl2N3/c17-7-6-16-19-14-12-13(18)4-5-15(14)21(16)11-3-10-20-8-1-2-9-20/h4-5,12H,1-3,6-11H2. The summed E-state index contributed by atoms with van der Waals surface area (Å²) in [5.74, 6) is 1.67. The van der Waals surface area contributed by atoms with Crippen LogP contribution < -0.4 is 0 Å². The fraction of sp³-hybridized carbons (Fsp3) is 0.562. The molecule has 1 aromatic carbocycles. The molecule has 0 aliphatic carbocycles. The minimum absolute atomic E-state index is 0.600. The molecule has 0 bridgehead atoms. The lowest BCUT2D eigenvalue weighted by Crippen LogP contribution is -2.21. The summed E-state index contributed by atoms with van der Waals surface area (Å²) in [5.41, 5.74) is 2.14. The number of alkyl halides is 1. The molecule has 3 rings (SSSR count). The SMILES string of the molecule is ClCCc1nc2cc(Cl)ccc2n1CCCN1CCCC1. The topological polar surface area (TPSA) is 21.1 Å². The highest BCUT2D eigenvalue weighted by Gasteiger charge is 2.13. The third-order valence-electron chi connectivity index (χ3n) is 4.16. The maximum Gasteiger partial charge on any atom is 0.111 e. The van der Waals surface area contributed by atoms with E-state index in [0.29, 0.717) is 5.88 Å². The van der Waals surface area contributed by atoms with E-state index in [2.05, 4.69) is 15.5 Å². The molecule has 0 radical (unpaired) electrons. The molecule has 0 spiro atoms. The minimum atomic E-state index is 0.600. The van der Waals surface area contributed by atoms with Gasteiger partial charge in [0.1, 0.15) is 5.82 Å². The Bertz CT molecular complexity index is 603. The van der Waals surface area contributed by atoms with E-state index in [-0.39, 0.29) is 0 Å². The summed E-state index contributed by atoms with van der Waals surface area (Å²) in [6, 6.07) is 5.94. The molecule has 0 unspecified atom stereocenters. The van der Waals surface area contributed by atoms with E-state index in [1.807, 2.05) is 12.1 Å². The molecule has 0 N–H and O–H groups in total. The second kappa shape index (κ2) is 6.99. The zero-order valence-corrected chi connectivity index (χ0v) is 13.7. The van der Waals surface area contributed by atoms with Crippen molar-refractivity contribution >= 4 is 34.2 Å². The van der Waals surface area contributed by atoms with E-state index < -0.39 is 0 Å². The number of halogens is 2. The van der Waals surface area contributed by atoms with Crippen molar-refractivity contribution in [3.05, 3.63) is 29.0 Å². The van der Waals surface area contributed by atoms with Gasteiger partial charge in [0.25, 0.3) is 0 Å². The maximum atomic E-state index is 6.07. The lowest BCUT2D eigenvalue weighted by atomic mass is 10.3. The Morgan fingerprint density at radius 2 is 1.95 bits per heavy atom. The number of fused-ring (bicyclic) bond motifs is 1. The smallest absolute Gasteiger partial charge is 0.111 e. The summed E-state index contributed by atoms with van der Waals surface area (Å²) < 4.78 is 2.31. The lowest BCUT2D eigenvalue weighted by Gasteiger charge is -2.15. The average Bonchev–Trinajstić information content (AvgIpc) is 3.08. The van der Waals surface area contributed by atoms with Gasteiger partial charge < -0.3 is 9.47 Å². The predicted octanol–water partition coefficient (Wildman–Crippen LogP) is 3.96. The Balaban J connectivity index is 1.76. The average molecular weight is 326 g/mol. The van der Waals surface area contributed by atoms with E-state index in [4.69, 9.17) is 28.2 Å². The third kappa shape index (κ3) is 3.53. The molecule has 114 valence electrons. The van der Waals surface area contributed by atoms with Gasteiger partial charge in [-0.2, -0.15) is 0 Å². The molecule has 1 saturated heterocycles. The van der Waals surface area contributed by atoms with E-state index in [9.17, 15) is 0 Å². The largest absolute Gasteiger partial charge is 0.328 e. The van der Waals surface area contributed by atoms with Crippen LogP contribution in [0, 0.1) is 0 Å². The molecular formula is C16H21Cl2N3. The highest BCUT2D eigenvalue weighted by atomic mass is 35.5. The van der Waals surface area contributed by atoms with E-state index in [0.717, 1.165) is 35.8 Å². The normalized spacial score (nSPS) is 16.1. The highest BCUT2D eigenvalue weighted by Crippen LogP contribution is 2.21. The van der Waals surface area contributed by atoms with Crippen LogP contribution in [0.5, 0.6) is 0 Å². The molecule has 2 aromatic rings. The first kappa shape index (κ1) is 15.1. The van der Waals surface area contributed by atoms with Gasteiger partial charge in [-0.25, -0.2) is 4.98 Å². The molecule has 1 aliphatic heterocycles. The summed E-state index contributed by atoms with van der Waals surface area (Å²) >= 11 is 12.0. The molecule has 2 heterocycles. The van der Waals surface area contributed by atoms with Gasteiger partial charge in [0.05, 0.1) is 11.0 Å². The monoisotopic (exact) mass is 325 g/mol. The quantitative estimate of drug-likeness (QED) is 0.749. The Kier molecular flexibility index (Phi) is 5.04. The van der Waals surface area contributed by atoms with Crippen LogP contribution >= 0.6 is 23.2 Å². The summed E-state index contributed by atoms with van der Waals surface area (Å²) in [5, 5.41) is 0.738. The number of aryl methyl sites for hydroxylation is 2. The highest BCUT2D eigenvalue weighted by molar-refractivity contribution is 6.31. The molecule has 1 aliphatic rings. The van der Waals surface area contributed by atoms with Crippen molar-refractivity contribution < 1.29 is 0 Å². The molecule has 3 nitrogen and oxygen atoms in total. The number of rotatable bonds is 6. The molecule has 0 saturated carbocycles. The third-order valence-corrected chi connectivity index (χ3v) is 4.59. The molecule has 0 atom stereocenters. The number of hydrogen-bond acceptors (Lipinski definition) is 2. The van der Waals surface area contributed by atoms with Crippen LogP contribution in [0.15, 0.2) is 18.2 Å². The van der Waals surface area contributed by atoms with Crippen LogP contribution in [-0.4, -0.2) is 40.0 Å². The fourth-order valence-electron chi connectivity index (χ4n) is 3.14. The molecule has 5 heteroatoms. The van der Waals surface area contributed by atoms with Crippen LogP contribution in [0.3, 0.4) is 0 Å². The molecular weight excluding hydrogens is 305 g/mol. The number of hydrogen-bond donors (Lipinski definition) is 0. The lowest BCUT2D eigenvalue weighted by molar-refractivity contribution is 0.325. The van der Waals surface area contributed by atoms with Crippen molar-refractivity contribution in [1.29, 1.82) is 0 Å². The first-order valence-corrected chi connectivity index (χ1v) is 8.62. The van der Waals surface area contributed by atoms with E-state index in [1.54, 1.807) is 0 Å². The fourth-order valence-corrected chi connectivity index (χ4v) is 3.47. The Hall–Kier alpha value is -0.770. The predicted molar refractivity (Wildman–Crippen MR) is 89.5 cm³/mol. The minimum Gasteiger partial charge on any atom is -0.328 e. The number of nitrogens with zero attached hydrogens (tertiary/aromatic N) is 3. The van der Waals surface area contributed by atoms with Crippen LogP contribution in [0.25, 0.3) is 11.0 Å². The summed E-state index contributed by atoms with van der Waals surface area (Å²) in [4.78, 5) is 7.25. The van der Waals surface area contributed by atoms with Gasteiger partial charge in [0.2, 0.25) is 0 Å². The second-order valence-corrected chi connectivity index (χ2v) is 6.47. The van der Waals surface area contributed by atoms with Gasteiger partial charge in [0, 0.05) is 23.9 Å². The van der Waals surface area contributed by atoms with Crippen LogP contribution in [-0.2, 0) is 13.0 Å². The van der Waals surface area contributed by atoms with Crippen LogP contribution in [0.4, 0.5) is 0 Å². The van der Waals surface area contributed by atoms with Gasteiger partial charge in [-0.3, -0.25) is 0 Å². The van der Waals surface area contributed by atoms with Crippen molar-refractivity contribution in [2.24, 2.45) is 0 Å². The molecule has 1 aromatic heterocycles. The van der Waals surface area contributed by atoms with Crippen molar-refractivity contribution in [3.8, 4) is 0 Å². The zero-order valence-electron chi connectivity index (χ0n) is 12.2. The van der Waals surface area contributed by atoms with Crippen molar-refractivity contribution in [1.82, 2.24) is 14.5 Å². The van der Waals surface area contributed by atoms with Crippen molar-refractivity contribution in [2.75, 3.05) is 25.5 Å². The molecule has 1 fully saturated rings. The van der Waals surface area contributed by atoms with Crippen LogP contribution in [0.1, 0.15) is 25.1 Å². The Morgan fingerprint density at radius 1 is 1.14 bits per heavy atom. The van der Waals surface area contributed by atoms with Crippen molar-refractivity contribution in [3.63, 3.8) is 0 Å². The first-order valence-electron chi connectivity index (χ1n) is 7.71. The maximum absolute atomic E-state index is 6.07. The Morgan fingerprint density at radius 3 is 2.71 bits per heavy atom. The van der Waals surface area contributed by atoms with E-state index >= 15 is 0 Å². The van der Waals surface area contributed by atoms with Crippen LogP contribution in [0.2, 0.25) is 5.02 Å². The van der Waals surface area contributed by atoms with Gasteiger partial charge >= 0.3 is 0 Å². The Labute approximate surface area is 135 Å².